The summed E-state index contributed by atoms with van der Waals surface area (Å²) in [7, 11) is 0. The molecule has 3 rings (SSSR count). The van der Waals surface area contributed by atoms with E-state index in [-0.39, 0.29) is 5.54 Å². The minimum absolute atomic E-state index is 0.216. The molecule has 1 heterocycles. The van der Waals surface area contributed by atoms with Crippen molar-refractivity contribution in [2.75, 3.05) is 13.1 Å². The van der Waals surface area contributed by atoms with Gasteiger partial charge in [0.25, 0.3) is 0 Å². The highest BCUT2D eigenvalue weighted by Crippen LogP contribution is 2.39. The van der Waals surface area contributed by atoms with Crippen LogP contribution in [0.1, 0.15) is 65.7 Å². The smallest absolute Gasteiger partial charge is 0.108 e. The molecule has 0 aromatic carbocycles. The highest BCUT2D eigenvalue weighted by molar-refractivity contribution is 5.15. The Kier molecular flexibility index (Phi) is 4.05. The predicted octanol–water partition coefficient (Wildman–Crippen LogP) is 3.31. The monoisotopic (exact) mass is 289 g/mol. The summed E-state index contributed by atoms with van der Waals surface area (Å²) in [6.45, 7) is 9.60. The van der Waals surface area contributed by atoms with Crippen molar-refractivity contribution >= 4 is 0 Å². The molecule has 0 bridgehead atoms. The SMILES string of the molecule is CC(C)(C)C1CCN(C2CCC(C#N)(NC3CC3)C2)CC1. The van der Waals surface area contributed by atoms with E-state index in [1.54, 1.807) is 0 Å². The molecule has 0 spiro atoms. The number of piperidine rings is 1. The first-order valence-corrected chi connectivity index (χ1v) is 8.85. The number of nitrogens with one attached hydrogen (secondary N) is 1. The van der Waals surface area contributed by atoms with Gasteiger partial charge in [0, 0.05) is 12.1 Å². The van der Waals surface area contributed by atoms with Crippen molar-refractivity contribution in [3.63, 3.8) is 0 Å². The third kappa shape index (κ3) is 3.43. The van der Waals surface area contributed by atoms with Gasteiger partial charge in [-0.05, 0) is 69.4 Å². The molecule has 2 atom stereocenters. The number of nitrogens with zero attached hydrogens (tertiary/aromatic N) is 2. The maximum absolute atomic E-state index is 9.63. The van der Waals surface area contributed by atoms with Crippen LogP contribution < -0.4 is 5.32 Å². The molecule has 1 saturated heterocycles. The van der Waals surface area contributed by atoms with Gasteiger partial charge in [0.2, 0.25) is 0 Å². The number of nitriles is 1. The molecule has 3 fully saturated rings. The van der Waals surface area contributed by atoms with Crippen LogP contribution >= 0.6 is 0 Å². The van der Waals surface area contributed by atoms with Crippen LogP contribution in [0.4, 0.5) is 0 Å². The number of likely N-dealkylation sites (tertiary alicyclic amines) is 1. The summed E-state index contributed by atoms with van der Waals surface area (Å²) in [6.07, 6.45) is 8.48. The van der Waals surface area contributed by atoms with Crippen LogP contribution in [0.5, 0.6) is 0 Å². The quantitative estimate of drug-likeness (QED) is 0.866. The van der Waals surface area contributed by atoms with Crippen LogP contribution in [0, 0.1) is 22.7 Å². The molecule has 1 N–H and O–H groups in total. The van der Waals surface area contributed by atoms with Crippen LogP contribution in [0.25, 0.3) is 0 Å². The zero-order valence-electron chi connectivity index (χ0n) is 14.0. The molecule has 1 aliphatic heterocycles. The highest BCUT2D eigenvalue weighted by Gasteiger charge is 2.45. The second-order valence-corrected chi connectivity index (χ2v) is 8.69. The van der Waals surface area contributed by atoms with Crippen molar-refractivity contribution < 1.29 is 0 Å². The van der Waals surface area contributed by atoms with Gasteiger partial charge in [-0.3, -0.25) is 5.32 Å². The topological polar surface area (TPSA) is 39.1 Å². The lowest BCUT2D eigenvalue weighted by molar-refractivity contribution is 0.0824. The standard InChI is InChI=1S/C18H31N3/c1-17(2,3)14-7-10-21(11-8-14)16-6-9-18(12-16,13-19)20-15-4-5-15/h14-16,20H,4-12H2,1-3H3. The van der Waals surface area contributed by atoms with Gasteiger partial charge in [0.1, 0.15) is 5.54 Å². The maximum Gasteiger partial charge on any atom is 0.108 e. The van der Waals surface area contributed by atoms with E-state index >= 15 is 0 Å². The summed E-state index contributed by atoms with van der Waals surface area (Å²) in [6, 6.07) is 3.88. The molecule has 3 aliphatic rings. The van der Waals surface area contributed by atoms with Crippen molar-refractivity contribution in [3.05, 3.63) is 0 Å². The Labute approximate surface area is 130 Å². The molecule has 2 unspecified atom stereocenters. The molecule has 3 nitrogen and oxygen atoms in total. The Bertz CT molecular complexity index is 407. The van der Waals surface area contributed by atoms with E-state index < -0.39 is 0 Å². The van der Waals surface area contributed by atoms with Crippen LogP contribution in [0.15, 0.2) is 0 Å². The summed E-state index contributed by atoms with van der Waals surface area (Å²) in [5, 5.41) is 13.3. The van der Waals surface area contributed by atoms with Gasteiger partial charge in [-0.1, -0.05) is 20.8 Å². The van der Waals surface area contributed by atoms with E-state index in [1.165, 1.54) is 45.2 Å². The average molecular weight is 289 g/mol. The van der Waals surface area contributed by atoms with Gasteiger partial charge in [-0.25, -0.2) is 0 Å². The van der Waals surface area contributed by atoms with Crippen molar-refractivity contribution in [1.29, 1.82) is 5.26 Å². The Morgan fingerprint density at radius 2 is 1.76 bits per heavy atom. The van der Waals surface area contributed by atoms with Crippen LogP contribution in [0.3, 0.4) is 0 Å². The summed E-state index contributed by atoms with van der Waals surface area (Å²) in [5.41, 5.74) is 0.235. The van der Waals surface area contributed by atoms with E-state index in [1.807, 2.05) is 0 Å². The summed E-state index contributed by atoms with van der Waals surface area (Å²) >= 11 is 0. The molecule has 0 aromatic heterocycles. The van der Waals surface area contributed by atoms with E-state index in [4.69, 9.17) is 0 Å². The predicted molar refractivity (Wildman–Crippen MR) is 85.9 cm³/mol. The molecule has 0 amide bonds. The minimum Gasteiger partial charge on any atom is -0.300 e. The first-order valence-electron chi connectivity index (χ1n) is 8.85. The number of hydrogen-bond acceptors (Lipinski definition) is 3. The largest absolute Gasteiger partial charge is 0.300 e. The molecular formula is C18H31N3. The van der Waals surface area contributed by atoms with Crippen molar-refractivity contribution in [2.24, 2.45) is 11.3 Å². The Morgan fingerprint density at radius 3 is 2.29 bits per heavy atom. The number of rotatable bonds is 3. The van der Waals surface area contributed by atoms with Gasteiger partial charge in [0.05, 0.1) is 6.07 Å². The molecule has 3 heteroatoms. The van der Waals surface area contributed by atoms with Crippen molar-refractivity contribution in [1.82, 2.24) is 10.2 Å². The average Bonchev–Trinajstić information content (AvgIpc) is 3.15. The second kappa shape index (κ2) is 5.56. The van der Waals surface area contributed by atoms with E-state index in [2.05, 4.69) is 37.1 Å². The second-order valence-electron chi connectivity index (χ2n) is 8.69. The fourth-order valence-electron chi connectivity index (χ4n) is 4.35. The molecule has 0 radical (unpaired) electrons. The first-order chi connectivity index (χ1) is 9.92. The van der Waals surface area contributed by atoms with Crippen LogP contribution in [0.2, 0.25) is 0 Å². The lowest BCUT2D eigenvalue weighted by atomic mass is 9.75. The fraction of sp³-hybridized carbons (Fsp3) is 0.944. The van der Waals surface area contributed by atoms with Crippen LogP contribution in [-0.4, -0.2) is 35.6 Å². The summed E-state index contributed by atoms with van der Waals surface area (Å²) < 4.78 is 0. The lowest BCUT2D eigenvalue weighted by Gasteiger charge is -2.41. The van der Waals surface area contributed by atoms with E-state index in [0.717, 1.165) is 18.8 Å². The van der Waals surface area contributed by atoms with Crippen molar-refractivity contribution in [3.8, 4) is 6.07 Å². The van der Waals surface area contributed by atoms with Gasteiger partial charge in [0.15, 0.2) is 0 Å². The van der Waals surface area contributed by atoms with Gasteiger partial charge in [-0.15, -0.1) is 0 Å². The van der Waals surface area contributed by atoms with E-state index in [0.29, 0.717) is 17.5 Å². The first kappa shape index (κ1) is 15.3. The highest BCUT2D eigenvalue weighted by atomic mass is 15.2. The summed E-state index contributed by atoms with van der Waals surface area (Å²) in [4.78, 5) is 2.68. The minimum atomic E-state index is -0.216. The van der Waals surface area contributed by atoms with Crippen molar-refractivity contribution in [2.45, 2.75) is 83.3 Å². The zero-order chi connectivity index (χ0) is 15.1. The summed E-state index contributed by atoms with van der Waals surface area (Å²) in [5.74, 6) is 0.862. The molecule has 118 valence electrons. The zero-order valence-corrected chi connectivity index (χ0v) is 14.0. The normalized spacial score (nSPS) is 35.8. The molecule has 21 heavy (non-hydrogen) atoms. The van der Waals surface area contributed by atoms with Gasteiger partial charge >= 0.3 is 0 Å². The molecular weight excluding hydrogens is 258 g/mol. The number of hydrogen-bond donors (Lipinski definition) is 1. The molecule has 2 aliphatic carbocycles. The Hall–Kier alpha value is -0.590. The maximum atomic E-state index is 9.63. The fourth-order valence-corrected chi connectivity index (χ4v) is 4.35. The van der Waals surface area contributed by atoms with Crippen LogP contribution in [-0.2, 0) is 0 Å². The van der Waals surface area contributed by atoms with Gasteiger partial charge in [-0.2, -0.15) is 5.26 Å². The third-order valence-corrected chi connectivity index (χ3v) is 6.03. The third-order valence-electron chi connectivity index (χ3n) is 6.03. The lowest BCUT2D eigenvalue weighted by Crippen LogP contribution is -2.47. The van der Waals surface area contributed by atoms with Gasteiger partial charge < -0.3 is 4.90 Å². The Balaban J connectivity index is 1.54. The van der Waals surface area contributed by atoms with E-state index in [9.17, 15) is 5.26 Å². The molecule has 0 aromatic rings. The Morgan fingerprint density at radius 1 is 1.10 bits per heavy atom. The molecule has 2 saturated carbocycles.